The number of fused-ring (bicyclic) bond motifs is 2. The van der Waals surface area contributed by atoms with E-state index in [0.29, 0.717) is 27.7 Å². The summed E-state index contributed by atoms with van der Waals surface area (Å²) in [7, 11) is 1.27. The number of imidazole rings is 1. The topological polar surface area (TPSA) is 108 Å². The second-order valence-corrected chi connectivity index (χ2v) is 9.27. The largest absolute Gasteiger partial charge is 0.453 e. The van der Waals surface area contributed by atoms with Crippen molar-refractivity contribution in [1.82, 2.24) is 14.9 Å². The third-order valence-electron chi connectivity index (χ3n) is 5.95. The lowest BCUT2D eigenvalue weighted by Crippen LogP contribution is -2.45. The number of aromatic amines is 1. The second kappa shape index (κ2) is 7.72. The quantitative estimate of drug-likeness (QED) is 0.413. The van der Waals surface area contributed by atoms with Crippen molar-refractivity contribution in [1.29, 1.82) is 0 Å². The van der Waals surface area contributed by atoms with Gasteiger partial charge in [-0.05, 0) is 44.2 Å². The minimum Gasteiger partial charge on any atom is -0.453 e. The molecule has 0 fully saturated rings. The zero-order chi connectivity index (χ0) is 23.3. The molecule has 33 heavy (non-hydrogen) atoms. The van der Waals surface area contributed by atoms with E-state index in [9.17, 15) is 14.7 Å². The van der Waals surface area contributed by atoms with Crippen LogP contribution in [0, 0.1) is 6.92 Å². The van der Waals surface area contributed by atoms with Crippen LogP contribution in [0.3, 0.4) is 0 Å². The molecular weight excluding hydrogens is 440 g/mol. The molecule has 0 radical (unpaired) electrons. The number of hydrogen-bond acceptors (Lipinski definition) is 6. The van der Waals surface area contributed by atoms with Crippen LogP contribution in [0.5, 0.6) is 0 Å². The van der Waals surface area contributed by atoms with Gasteiger partial charge in [0.1, 0.15) is 0 Å². The van der Waals surface area contributed by atoms with Crippen LogP contribution in [0.1, 0.15) is 44.2 Å². The maximum absolute atomic E-state index is 13.5. The molecule has 0 bridgehead atoms. The number of benzene rings is 2. The summed E-state index contributed by atoms with van der Waals surface area (Å²) in [4.78, 5) is 36.1. The summed E-state index contributed by atoms with van der Waals surface area (Å²) in [6, 6.07) is 16.0. The van der Waals surface area contributed by atoms with Gasteiger partial charge in [0.25, 0.3) is 5.91 Å². The van der Waals surface area contributed by atoms with Crippen LogP contribution < -0.4 is 5.32 Å². The number of carbonyl (C=O) groups excluding carboxylic acids is 2. The number of H-pyrrole nitrogens is 1. The molecule has 0 saturated carbocycles. The van der Waals surface area contributed by atoms with Gasteiger partial charge in [-0.2, -0.15) is 0 Å². The molecule has 0 spiro atoms. The number of aryl methyl sites for hydroxylation is 1. The van der Waals surface area contributed by atoms with Gasteiger partial charge < -0.3 is 14.8 Å². The van der Waals surface area contributed by atoms with E-state index in [1.807, 2.05) is 32.0 Å². The van der Waals surface area contributed by atoms with Gasteiger partial charge in [0, 0.05) is 26.4 Å². The Morgan fingerprint density at radius 3 is 2.76 bits per heavy atom. The zero-order valence-electron chi connectivity index (χ0n) is 18.2. The highest BCUT2D eigenvalue weighted by molar-refractivity contribution is 7.12. The number of methoxy groups -OCH3 is 1. The Hall–Kier alpha value is -3.69. The number of anilines is 1. The molecule has 3 heterocycles. The van der Waals surface area contributed by atoms with E-state index in [1.54, 1.807) is 47.7 Å². The minimum atomic E-state index is -1.69. The van der Waals surface area contributed by atoms with Gasteiger partial charge in [-0.1, -0.05) is 24.3 Å². The summed E-state index contributed by atoms with van der Waals surface area (Å²) in [5.74, 6) is -0.00926. The fraction of sp³-hybridized carbons (Fsp3) is 0.208. The van der Waals surface area contributed by atoms with Crippen LogP contribution in [0.15, 0.2) is 54.6 Å². The van der Waals surface area contributed by atoms with E-state index in [4.69, 9.17) is 0 Å². The van der Waals surface area contributed by atoms with Gasteiger partial charge in [-0.3, -0.25) is 15.0 Å². The third kappa shape index (κ3) is 3.28. The van der Waals surface area contributed by atoms with Crippen molar-refractivity contribution in [2.45, 2.75) is 25.6 Å². The SMILES string of the molecule is COC(=O)Nc1nc2cc(C3(O)c4ccccc4C(=O)N3C(C)c3ccc(C)s3)ccc2[nH]1. The maximum Gasteiger partial charge on any atom is 0.413 e. The average Bonchev–Trinajstić information content (AvgIpc) is 3.48. The van der Waals surface area contributed by atoms with Gasteiger partial charge in [-0.25, -0.2) is 9.78 Å². The van der Waals surface area contributed by atoms with Gasteiger partial charge in [0.15, 0.2) is 5.72 Å². The molecule has 2 amide bonds. The number of ether oxygens (including phenoxy) is 1. The van der Waals surface area contributed by atoms with Gasteiger partial charge in [-0.15, -0.1) is 11.3 Å². The predicted octanol–water partition coefficient (Wildman–Crippen LogP) is 4.52. The first kappa shape index (κ1) is 21.2. The molecular formula is C24H22N4O4S. The number of nitrogens with one attached hydrogen (secondary N) is 2. The Morgan fingerprint density at radius 1 is 1.24 bits per heavy atom. The van der Waals surface area contributed by atoms with Crippen molar-refractivity contribution in [3.8, 4) is 0 Å². The van der Waals surface area contributed by atoms with Crippen LogP contribution >= 0.6 is 11.3 Å². The van der Waals surface area contributed by atoms with Crippen molar-refractivity contribution in [3.63, 3.8) is 0 Å². The van der Waals surface area contributed by atoms with Crippen molar-refractivity contribution in [2.75, 3.05) is 12.4 Å². The lowest BCUT2D eigenvalue weighted by molar-refractivity contribution is -0.0670. The molecule has 168 valence electrons. The molecule has 1 aliphatic heterocycles. The Balaban J connectivity index is 1.64. The molecule has 3 N–H and O–H groups in total. The molecule has 1 aliphatic rings. The fourth-order valence-electron chi connectivity index (χ4n) is 4.37. The summed E-state index contributed by atoms with van der Waals surface area (Å²) < 4.78 is 4.61. The molecule has 0 saturated heterocycles. The monoisotopic (exact) mass is 462 g/mol. The number of aromatic nitrogens is 2. The van der Waals surface area contributed by atoms with Crippen LogP contribution in [0.4, 0.5) is 10.7 Å². The van der Waals surface area contributed by atoms with Gasteiger partial charge in [0.2, 0.25) is 5.95 Å². The normalized spacial score (nSPS) is 18.4. The van der Waals surface area contributed by atoms with Crippen LogP contribution in [-0.2, 0) is 10.5 Å². The maximum atomic E-state index is 13.5. The Labute approximate surface area is 193 Å². The third-order valence-corrected chi connectivity index (χ3v) is 7.12. The standard InChI is InChI=1S/C24H22N4O4S/c1-13-8-11-20(33-13)14(2)28-21(29)16-6-4-5-7-17(16)24(28,31)15-9-10-18-19(12-15)26-22(25-18)27-23(30)32-3/h4-12,14,31H,1-3H3,(H2,25,26,27,30). The highest BCUT2D eigenvalue weighted by atomic mass is 32.1. The molecule has 2 unspecified atom stereocenters. The van der Waals surface area contributed by atoms with Crippen LogP contribution in [0.25, 0.3) is 11.0 Å². The van der Waals surface area contributed by atoms with Crippen LogP contribution in [0.2, 0.25) is 0 Å². The molecule has 2 aromatic heterocycles. The first-order chi connectivity index (χ1) is 15.8. The molecule has 9 heteroatoms. The van der Waals surface area contributed by atoms with Gasteiger partial charge >= 0.3 is 6.09 Å². The van der Waals surface area contributed by atoms with Crippen molar-refractivity contribution in [2.24, 2.45) is 0 Å². The molecule has 0 aliphatic carbocycles. The van der Waals surface area contributed by atoms with E-state index in [1.165, 1.54) is 12.0 Å². The lowest BCUT2D eigenvalue weighted by Gasteiger charge is -2.38. The smallest absolute Gasteiger partial charge is 0.413 e. The van der Waals surface area contributed by atoms with E-state index in [2.05, 4.69) is 20.0 Å². The van der Waals surface area contributed by atoms with Crippen LogP contribution in [-0.4, -0.2) is 39.1 Å². The number of aliphatic hydroxyl groups is 1. The average molecular weight is 463 g/mol. The summed E-state index contributed by atoms with van der Waals surface area (Å²) in [6.45, 7) is 3.94. The van der Waals surface area contributed by atoms with Gasteiger partial charge in [0.05, 0.1) is 24.2 Å². The Kier molecular flexibility index (Phi) is 4.95. The summed E-state index contributed by atoms with van der Waals surface area (Å²) in [6.07, 6.45) is -0.644. The summed E-state index contributed by atoms with van der Waals surface area (Å²) in [5, 5.41) is 14.7. The molecule has 8 nitrogen and oxygen atoms in total. The number of amides is 2. The first-order valence-electron chi connectivity index (χ1n) is 10.4. The lowest BCUT2D eigenvalue weighted by atomic mass is 9.92. The number of nitrogens with zero attached hydrogens (tertiary/aromatic N) is 2. The highest BCUT2D eigenvalue weighted by Crippen LogP contribution is 2.47. The Bertz CT molecular complexity index is 1390. The molecule has 2 atom stereocenters. The Morgan fingerprint density at radius 2 is 2.03 bits per heavy atom. The molecule has 4 aromatic rings. The number of carbonyl (C=O) groups is 2. The molecule has 2 aromatic carbocycles. The van der Waals surface area contributed by atoms with Crippen molar-refractivity contribution < 1.29 is 19.4 Å². The zero-order valence-corrected chi connectivity index (χ0v) is 19.1. The van der Waals surface area contributed by atoms with E-state index in [0.717, 1.165) is 9.75 Å². The number of rotatable bonds is 4. The summed E-state index contributed by atoms with van der Waals surface area (Å²) in [5.41, 5.74) is 1.01. The van der Waals surface area contributed by atoms with E-state index in [-0.39, 0.29) is 17.9 Å². The highest BCUT2D eigenvalue weighted by Gasteiger charge is 2.52. The van der Waals surface area contributed by atoms with E-state index < -0.39 is 11.8 Å². The summed E-state index contributed by atoms with van der Waals surface area (Å²) >= 11 is 1.60. The number of hydrogen-bond donors (Lipinski definition) is 3. The fourth-order valence-corrected chi connectivity index (χ4v) is 5.29. The first-order valence-corrected chi connectivity index (χ1v) is 11.2. The van der Waals surface area contributed by atoms with E-state index >= 15 is 0 Å². The second-order valence-electron chi connectivity index (χ2n) is 7.95. The number of thiophene rings is 1. The minimum absolute atomic E-state index is 0.225. The van der Waals surface area contributed by atoms with Crippen molar-refractivity contribution >= 4 is 40.3 Å². The predicted molar refractivity (Wildman–Crippen MR) is 125 cm³/mol. The molecule has 5 rings (SSSR count). The van der Waals surface area contributed by atoms with Crippen molar-refractivity contribution in [3.05, 3.63) is 81.0 Å².